The summed E-state index contributed by atoms with van der Waals surface area (Å²) in [7, 11) is -1.05. The van der Waals surface area contributed by atoms with Crippen LogP contribution in [0, 0.1) is 0 Å². The Morgan fingerprint density at radius 1 is 1.29 bits per heavy atom. The Morgan fingerprint density at radius 2 is 2.05 bits per heavy atom. The van der Waals surface area contributed by atoms with Crippen molar-refractivity contribution in [1.29, 1.82) is 0 Å². The van der Waals surface area contributed by atoms with E-state index >= 15 is 0 Å². The molecule has 0 saturated carbocycles. The molecule has 0 nitrogen and oxygen atoms in total. The Hall–Kier alpha value is 0.471. The van der Waals surface area contributed by atoms with Crippen LogP contribution in [0.1, 0.15) is 33.1 Å². The summed E-state index contributed by atoms with van der Waals surface area (Å²) in [5.41, 5.74) is 1.53. The molecule has 1 aliphatic heterocycles. The van der Waals surface area contributed by atoms with Gasteiger partial charge in [0.05, 0.1) is 0 Å². The Bertz CT molecular complexity index is 489. The first-order valence-electron chi connectivity index (χ1n) is 7.72. The van der Waals surface area contributed by atoms with Crippen molar-refractivity contribution in [1.82, 2.24) is 0 Å². The van der Waals surface area contributed by atoms with E-state index in [9.17, 15) is 0 Å². The van der Waals surface area contributed by atoms with Crippen LogP contribution in [0.3, 0.4) is 0 Å². The second-order valence-corrected chi connectivity index (χ2v) is 14.8. The van der Waals surface area contributed by atoms with Crippen LogP contribution in [0.15, 0.2) is 45.9 Å². The van der Waals surface area contributed by atoms with Gasteiger partial charge in [0.1, 0.15) is 0 Å². The second-order valence-electron chi connectivity index (χ2n) is 6.42. The zero-order valence-electron chi connectivity index (χ0n) is 13.0. The molecule has 2 aliphatic carbocycles. The fourth-order valence-corrected chi connectivity index (χ4v) is 15.0. The van der Waals surface area contributed by atoms with E-state index in [0.29, 0.717) is 3.34 Å². The van der Waals surface area contributed by atoms with Crippen molar-refractivity contribution in [3.63, 3.8) is 0 Å². The predicted molar refractivity (Wildman–Crippen MR) is 82.5 cm³/mol. The van der Waals surface area contributed by atoms with Crippen LogP contribution in [0.2, 0.25) is 21.5 Å². The molecule has 0 aromatic rings. The van der Waals surface area contributed by atoms with E-state index in [2.05, 4.69) is 50.3 Å². The average Bonchev–Trinajstić information content (AvgIpc) is 2.95. The normalized spacial score (nSPS) is 27.9. The van der Waals surface area contributed by atoms with Crippen LogP contribution in [0.5, 0.6) is 0 Å². The maximum atomic E-state index is 2.70. The number of hydrogen-bond donors (Lipinski definition) is 0. The molecule has 0 aromatic heterocycles. The summed E-state index contributed by atoms with van der Waals surface area (Å²) in [5, 5.41) is 0. The fourth-order valence-electron chi connectivity index (χ4n) is 4.02. The molecular weight excluding hydrogens is 351 g/mol. The van der Waals surface area contributed by atoms with Crippen molar-refractivity contribution in [2.24, 2.45) is 0 Å². The van der Waals surface area contributed by atoms with Crippen molar-refractivity contribution >= 4 is 8.07 Å². The number of halogens is 2. The molecule has 0 spiro atoms. The van der Waals surface area contributed by atoms with Gasteiger partial charge >= 0.3 is 128 Å². The summed E-state index contributed by atoms with van der Waals surface area (Å²) in [5.74, 6) is 0. The van der Waals surface area contributed by atoms with Crippen LogP contribution in [0.25, 0.3) is 0 Å². The van der Waals surface area contributed by atoms with E-state index in [1.165, 1.54) is 24.8 Å². The first-order valence-corrected chi connectivity index (χ1v) is 11.9. The molecule has 1 saturated heterocycles. The summed E-state index contributed by atoms with van der Waals surface area (Å²) in [6, 6.07) is 4.75. The molecular formula is C17H24Cl2SiTi. The molecule has 0 radical (unpaired) electrons. The maximum absolute atomic E-state index is 2.70. The van der Waals surface area contributed by atoms with Gasteiger partial charge in [0.25, 0.3) is 0 Å². The largest absolute Gasteiger partial charge is 1.00 e. The molecule has 21 heavy (non-hydrogen) atoms. The maximum Gasteiger partial charge on any atom is -1.00 e. The smallest absolute Gasteiger partial charge is 1.00 e. The summed E-state index contributed by atoms with van der Waals surface area (Å²) in [6.45, 7) is 4.70. The first-order chi connectivity index (χ1) is 9.20. The minimum Gasteiger partial charge on any atom is -1.00 e. The van der Waals surface area contributed by atoms with Crippen LogP contribution in [-0.2, 0) is 19.2 Å². The van der Waals surface area contributed by atoms with Gasteiger partial charge in [-0.05, 0) is 0 Å². The molecule has 3 rings (SSSR count). The zero-order chi connectivity index (χ0) is 13.3. The molecule has 114 valence electrons. The quantitative estimate of drug-likeness (QED) is 0.563. The molecule has 1 heterocycles. The predicted octanol–water partition coefficient (Wildman–Crippen LogP) is -0.603. The molecule has 0 bridgehead atoms. The van der Waals surface area contributed by atoms with Gasteiger partial charge in [-0.1, -0.05) is 0 Å². The number of rotatable bonds is 5. The molecule has 3 aliphatic rings. The molecule has 1 unspecified atom stereocenters. The summed E-state index contributed by atoms with van der Waals surface area (Å²) in [6.07, 6.45) is 19.0. The van der Waals surface area contributed by atoms with E-state index < -0.39 is 8.07 Å². The Morgan fingerprint density at radius 3 is 2.48 bits per heavy atom. The Labute approximate surface area is 152 Å². The van der Waals surface area contributed by atoms with Crippen molar-refractivity contribution in [2.45, 2.75) is 54.6 Å². The van der Waals surface area contributed by atoms with E-state index in [1.54, 1.807) is 22.0 Å². The van der Waals surface area contributed by atoms with Crippen molar-refractivity contribution in [3.8, 4) is 0 Å². The van der Waals surface area contributed by atoms with Gasteiger partial charge in [0, 0.05) is 0 Å². The molecule has 4 heteroatoms. The summed E-state index contributed by atoms with van der Waals surface area (Å²) < 4.78 is 2.37. The first kappa shape index (κ1) is 19.5. The second kappa shape index (κ2) is 7.84. The topological polar surface area (TPSA) is 0 Å². The van der Waals surface area contributed by atoms with Gasteiger partial charge in [0.15, 0.2) is 0 Å². The molecule has 0 N–H and O–H groups in total. The zero-order valence-corrected chi connectivity index (χ0v) is 17.0. The van der Waals surface area contributed by atoms with Gasteiger partial charge in [0.2, 0.25) is 0 Å². The minimum absolute atomic E-state index is 0. The SMILES string of the molecule is CCC[Si]1([C]2([Ti+2][C]3=CC=CC3)C=CC(C)=C2)CCC1.[Cl-].[Cl-]. The molecule has 0 amide bonds. The van der Waals surface area contributed by atoms with Gasteiger partial charge in [-0.25, -0.2) is 0 Å². The van der Waals surface area contributed by atoms with E-state index in [0.717, 1.165) is 0 Å². The number of hydrogen-bond acceptors (Lipinski definition) is 0. The molecule has 0 aromatic carbocycles. The average molecular weight is 375 g/mol. The third kappa shape index (κ3) is 3.53. The monoisotopic (exact) mass is 374 g/mol. The standard InChI is InChI=1S/C12H19Si.C5H5.2ClH.Ti/c1-3-7-13(8-4-9-13)12-6-5-11(2)10-12;1-2-4-5-3-1;;;/h5-6,10H,3-4,7-9H2,1-2H3;1-3H,4H2;2*1H;/q;;;;+2/p-2. The Kier molecular flexibility index (Phi) is 7.28. The fraction of sp³-hybridized carbons (Fsp3) is 0.529. The van der Waals surface area contributed by atoms with Gasteiger partial charge in [-0.15, -0.1) is 0 Å². The summed E-state index contributed by atoms with van der Waals surface area (Å²) >= 11 is -0.0148. The Balaban J connectivity index is 0.00000110. The van der Waals surface area contributed by atoms with Crippen molar-refractivity contribution < 1.29 is 44.0 Å². The molecule has 1 atom stereocenters. The van der Waals surface area contributed by atoms with Crippen LogP contribution < -0.4 is 24.8 Å². The van der Waals surface area contributed by atoms with Crippen LogP contribution >= 0.6 is 0 Å². The van der Waals surface area contributed by atoms with Gasteiger partial charge in [-0.3, -0.25) is 0 Å². The van der Waals surface area contributed by atoms with E-state index in [-0.39, 0.29) is 44.0 Å². The van der Waals surface area contributed by atoms with Crippen LogP contribution in [0.4, 0.5) is 0 Å². The third-order valence-corrected chi connectivity index (χ3v) is 16.5. The molecule has 1 fully saturated rings. The van der Waals surface area contributed by atoms with E-state index in [1.807, 2.05) is 0 Å². The van der Waals surface area contributed by atoms with Crippen molar-refractivity contribution in [2.75, 3.05) is 0 Å². The van der Waals surface area contributed by atoms with Crippen LogP contribution in [-0.4, -0.2) is 8.07 Å². The third-order valence-electron chi connectivity index (χ3n) is 5.12. The van der Waals surface area contributed by atoms with Crippen molar-refractivity contribution in [3.05, 3.63) is 45.9 Å². The van der Waals surface area contributed by atoms with E-state index in [4.69, 9.17) is 0 Å². The number of allylic oxidation sites excluding steroid dienone is 8. The van der Waals surface area contributed by atoms with Gasteiger partial charge in [-0.2, -0.15) is 0 Å². The summed E-state index contributed by atoms with van der Waals surface area (Å²) in [4.78, 5) is 0. The van der Waals surface area contributed by atoms with Gasteiger partial charge < -0.3 is 24.8 Å². The minimum atomic E-state index is -1.05.